The van der Waals surface area contributed by atoms with E-state index in [0.717, 1.165) is 0 Å². The van der Waals surface area contributed by atoms with Crippen LogP contribution in [0.2, 0.25) is 0 Å². The van der Waals surface area contributed by atoms with Gasteiger partial charge in [0.2, 0.25) is 5.88 Å². The lowest BCUT2D eigenvalue weighted by Gasteiger charge is -2.18. The van der Waals surface area contributed by atoms with Crippen LogP contribution in [0.15, 0.2) is 42.9 Å². The van der Waals surface area contributed by atoms with E-state index in [-0.39, 0.29) is 24.5 Å². The Labute approximate surface area is 143 Å². The summed E-state index contributed by atoms with van der Waals surface area (Å²) in [6, 6.07) is 5.99. The molecule has 1 aromatic heterocycles. The summed E-state index contributed by atoms with van der Waals surface area (Å²) in [5.74, 6) is -2.54. The Hall–Kier alpha value is -2.98. The van der Waals surface area contributed by atoms with Crippen molar-refractivity contribution < 1.29 is 29.5 Å². The molecule has 1 aromatic carbocycles. The molecule has 4 N–H and O–H groups in total. The number of carbonyl (C=O) groups is 2. The van der Waals surface area contributed by atoms with Crippen LogP contribution < -0.4 is 10.1 Å². The number of carbonyl (C=O) groups excluding carboxylic acids is 1. The predicted molar refractivity (Wildman–Crippen MR) is 86.8 cm³/mol. The molecule has 0 aliphatic carbocycles. The maximum Gasteiger partial charge on any atom is 0.475 e. The van der Waals surface area contributed by atoms with Crippen LogP contribution in [0.1, 0.15) is 15.9 Å². The van der Waals surface area contributed by atoms with Crippen molar-refractivity contribution in [3.05, 3.63) is 54.0 Å². The average molecular weight is 345 g/mol. The number of nitrogens with one attached hydrogen (secondary N) is 1. The van der Waals surface area contributed by atoms with Crippen molar-refractivity contribution in [1.82, 2.24) is 15.3 Å². The molecule has 9 nitrogen and oxygen atoms in total. The Bertz CT molecular complexity index is 728. The zero-order valence-corrected chi connectivity index (χ0v) is 13.1. The van der Waals surface area contributed by atoms with Crippen molar-refractivity contribution in [2.24, 2.45) is 0 Å². The van der Waals surface area contributed by atoms with Gasteiger partial charge in [0.05, 0.1) is 17.7 Å². The zero-order valence-electron chi connectivity index (χ0n) is 13.1. The van der Waals surface area contributed by atoms with Gasteiger partial charge >= 0.3 is 13.1 Å². The molecule has 2 rings (SSSR count). The lowest BCUT2D eigenvalue weighted by molar-refractivity contribution is -0.123. The van der Waals surface area contributed by atoms with E-state index in [2.05, 4.69) is 15.3 Å². The number of benzene rings is 1. The van der Waals surface area contributed by atoms with Crippen LogP contribution in [0, 0.1) is 0 Å². The van der Waals surface area contributed by atoms with Crippen LogP contribution in [0.25, 0.3) is 0 Å². The predicted octanol–water partition coefficient (Wildman–Crippen LogP) is -0.707. The van der Waals surface area contributed by atoms with Crippen LogP contribution in [-0.4, -0.2) is 56.7 Å². The molecule has 25 heavy (non-hydrogen) atoms. The summed E-state index contributed by atoms with van der Waals surface area (Å²) in [5, 5.41) is 30.3. The highest BCUT2D eigenvalue weighted by Gasteiger charge is 2.26. The molecular formula is C15H16BN3O6. The SMILES string of the molecule is O=C(COc1cnccn1)NC(Cc1cccc(C(=O)O)c1)B(O)O. The van der Waals surface area contributed by atoms with Crippen LogP contribution in [0.3, 0.4) is 0 Å². The highest BCUT2D eigenvalue weighted by molar-refractivity contribution is 6.43. The second-order valence-corrected chi connectivity index (χ2v) is 5.13. The van der Waals surface area contributed by atoms with Gasteiger partial charge in [-0.1, -0.05) is 12.1 Å². The first-order valence-electron chi connectivity index (χ1n) is 7.32. The van der Waals surface area contributed by atoms with Gasteiger partial charge in [-0.2, -0.15) is 0 Å². The summed E-state index contributed by atoms with van der Waals surface area (Å²) in [7, 11) is -1.83. The molecule has 0 saturated heterocycles. The highest BCUT2D eigenvalue weighted by Crippen LogP contribution is 2.09. The first kappa shape index (κ1) is 18.4. The van der Waals surface area contributed by atoms with Crippen molar-refractivity contribution in [2.75, 3.05) is 6.61 Å². The topological polar surface area (TPSA) is 142 Å². The van der Waals surface area contributed by atoms with Crippen molar-refractivity contribution in [2.45, 2.75) is 12.4 Å². The number of hydrogen-bond acceptors (Lipinski definition) is 7. The van der Waals surface area contributed by atoms with Crippen molar-refractivity contribution >= 4 is 19.0 Å². The smallest absolute Gasteiger partial charge is 0.475 e. The first-order chi connectivity index (χ1) is 12.0. The highest BCUT2D eigenvalue weighted by atomic mass is 16.5. The molecular weight excluding hydrogens is 329 g/mol. The Morgan fingerprint density at radius 1 is 1.28 bits per heavy atom. The number of rotatable bonds is 8. The van der Waals surface area contributed by atoms with E-state index in [0.29, 0.717) is 5.56 Å². The van der Waals surface area contributed by atoms with Crippen LogP contribution in [0.4, 0.5) is 0 Å². The normalized spacial score (nSPS) is 11.4. The number of carboxylic acid groups (broad SMARTS) is 1. The van der Waals surface area contributed by atoms with E-state index in [9.17, 15) is 19.6 Å². The summed E-state index contributed by atoms with van der Waals surface area (Å²) in [4.78, 5) is 30.5. The van der Waals surface area contributed by atoms with Crippen molar-refractivity contribution in [3.8, 4) is 5.88 Å². The second kappa shape index (κ2) is 8.76. The fourth-order valence-corrected chi connectivity index (χ4v) is 2.06. The van der Waals surface area contributed by atoms with Crippen LogP contribution in [-0.2, 0) is 11.2 Å². The third-order valence-corrected chi connectivity index (χ3v) is 3.23. The molecule has 1 atom stereocenters. The van der Waals surface area contributed by atoms with E-state index in [1.807, 2.05) is 0 Å². The molecule has 130 valence electrons. The fraction of sp³-hybridized carbons (Fsp3) is 0.200. The molecule has 1 heterocycles. The summed E-state index contributed by atoms with van der Waals surface area (Å²) < 4.78 is 5.12. The Kier molecular flexibility index (Phi) is 6.43. The molecule has 10 heteroatoms. The maximum atomic E-state index is 11.9. The van der Waals surface area contributed by atoms with Crippen LogP contribution in [0.5, 0.6) is 5.88 Å². The molecule has 0 radical (unpaired) electrons. The minimum atomic E-state index is -1.83. The Morgan fingerprint density at radius 3 is 2.72 bits per heavy atom. The molecule has 0 aliphatic heterocycles. The zero-order chi connectivity index (χ0) is 18.2. The molecule has 0 saturated carbocycles. The number of nitrogens with zero attached hydrogens (tertiary/aromatic N) is 2. The molecule has 0 fully saturated rings. The van der Waals surface area contributed by atoms with E-state index >= 15 is 0 Å². The first-order valence-corrected chi connectivity index (χ1v) is 7.32. The Morgan fingerprint density at radius 2 is 2.08 bits per heavy atom. The number of carboxylic acids is 1. The van der Waals surface area contributed by atoms with Gasteiger partial charge in [-0.25, -0.2) is 9.78 Å². The van der Waals surface area contributed by atoms with Gasteiger partial charge in [-0.3, -0.25) is 9.78 Å². The number of amides is 1. The second-order valence-electron chi connectivity index (χ2n) is 5.13. The lowest BCUT2D eigenvalue weighted by atomic mass is 9.76. The van der Waals surface area contributed by atoms with Gasteiger partial charge in [0.1, 0.15) is 0 Å². The van der Waals surface area contributed by atoms with E-state index < -0.39 is 24.9 Å². The molecule has 0 spiro atoms. The van der Waals surface area contributed by atoms with E-state index in [4.69, 9.17) is 9.84 Å². The van der Waals surface area contributed by atoms with E-state index in [1.165, 1.54) is 30.7 Å². The standard InChI is InChI=1S/C15H16BN3O6/c20-13(9-25-14-8-17-4-5-18-14)19-12(16(23)24)7-10-2-1-3-11(6-10)15(21)22/h1-6,8,12,23-24H,7,9H2,(H,19,20)(H,21,22). The average Bonchev–Trinajstić information content (AvgIpc) is 2.60. The molecule has 1 unspecified atom stereocenters. The number of hydrogen-bond donors (Lipinski definition) is 4. The quantitative estimate of drug-likeness (QED) is 0.460. The summed E-state index contributed by atoms with van der Waals surface area (Å²) in [6.07, 6.45) is 4.23. The number of aromatic nitrogens is 2. The molecule has 0 bridgehead atoms. The molecule has 0 aliphatic rings. The lowest BCUT2D eigenvalue weighted by Crippen LogP contribution is -2.49. The van der Waals surface area contributed by atoms with Gasteiger partial charge in [-0.15, -0.1) is 0 Å². The fourth-order valence-electron chi connectivity index (χ4n) is 2.06. The van der Waals surface area contributed by atoms with Gasteiger partial charge in [0.15, 0.2) is 6.61 Å². The monoisotopic (exact) mass is 345 g/mol. The number of aromatic carboxylic acids is 1. The van der Waals surface area contributed by atoms with Gasteiger partial charge in [0, 0.05) is 12.4 Å². The molecule has 1 amide bonds. The van der Waals surface area contributed by atoms with Crippen LogP contribution >= 0.6 is 0 Å². The number of ether oxygens (including phenoxy) is 1. The van der Waals surface area contributed by atoms with Crippen molar-refractivity contribution in [3.63, 3.8) is 0 Å². The van der Waals surface area contributed by atoms with Crippen molar-refractivity contribution in [1.29, 1.82) is 0 Å². The van der Waals surface area contributed by atoms with Gasteiger partial charge < -0.3 is 25.2 Å². The van der Waals surface area contributed by atoms with Gasteiger partial charge in [-0.05, 0) is 24.1 Å². The largest absolute Gasteiger partial charge is 0.478 e. The summed E-state index contributed by atoms with van der Waals surface area (Å²) in [5.41, 5.74) is 0.606. The third kappa shape index (κ3) is 5.86. The summed E-state index contributed by atoms with van der Waals surface area (Å²) >= 11 is 0. The van der Waals surface area contributed by atoms with E-state index in [1.54, 1.807) is 12.1 Å². The molecule has 2 aromatic rings. The van der Waals surface area contributed by atoms with Gasteiger partial charge in [0.25, 0.3) is 5.91 Å². The summed E-state index contributed by atoms with van der Waals surface area (Å²) in [6.45, 7) is -0.378. The maximum absolute atomic E-state index is 11.9. The Balaban J connectivity index is 1.95. The minimum absolute atomic E-state index is 0.0374. The third-order valence-electron chi connectivity index (χ3n) is 3.23. The minimum Gasteiger partial charge on any atom is -0.478 e.